The van der Waals surface area contributed by atoms with Crippen LogP contribution in [-0.2, 0) is 0 Å². The maximum Gasteiger partial charge on any atom is 0.232 e. The number of unbranched alkanes of at least 4 members (excludes halogenated alkanes) is 3. The number of aliphatic hydroxyl groups is 4. The number of nitrogens with zero attached hydrogens (tertiary/aromatic N) is 8. The summed E-state index contributed by atoms with van der Waals surface area (Å²) in [6, 6.07) is 0.203. The maximum atomic E-state index is 11.9. The Kier molecular flexibility index (Phi) is 23.6. The fraction of sp³-hybridized carbons (Fsp3) is 0.919. The average molecular weight is 1350 g/mol. The number of aromatic nitrogens is 6. The number of hydrogen-bond acceptors (Lipinski definition) is 22. The first kappa shape index (κ1) is 78.1. The number of hydrogen-bond donors (Lipinski definition) is 14. The van der Waals surface area contributed by atoms with Crippen LogP contribution < -0.4 is 63.0 Å². The average Bonchev–Trinajstić information content (AvgIpc) is 0.878. The third kappa shape index (κ3) is 23.0. The van der Waals surface area contributed by atoms with Crippen LogP contribution in [0.4, 0.5) is 35.7 Å². The van der Waals surface area contributed by atoms with Gasteiger partial charge in [-0.25, -0.2) is 0 Å². The van der Waals surface area contributed by atoms with Crippen molar-refractivity contribution in [3.63, 3.8) is 0 Å². The van der Waals surface area contributed by atoms with Crippen molar-refractivity contribution in [3.05, 3.63) is 0 Å². The summed E-state index contributed by atoms with van der Waals surface area (Å²) < 4.78 is 0. The molecule has 4 unspecified atom stereocenters. The quantitative estimate of drug-likeness (QED) is 0.0370. The van der Waals surface area contributed by atoms with Crippen molar-refractivity contribution in [3.8, 4) is 0 Å². The first-order valence-electron chi connectivity index (χ1n) is 37.3. The molecule has 14 N–H and O–H groups in total. The van der Waals surface area contributed by atoms with Gasteiger partial charge >= 0.3 is 0 Å². The molecule has 0 amide bonds. The lowest BCUT2D eigenvalue weighted by Gasteiger charge is -2.50. The van der Waals surface area contributed by atoms with Gasteiger partial charge in [0.15, 0.2) is 0 Å². The molecule has 8 heterocycles. The number of anilines is 6. The van der Waals surface area contributed by atoms with E-state index in [0.717, 1.165) is 116 Å². The van der Waals surface area contributed by atoms with Gasteiger partial charge in [0, 0.05) is 118 Å². The van der Waals surface area contributed by atoms with E-state index in [4.69, 9.17) is 29.9 Å². The van der Waals surface area contributed by atoms with Gasteiger partial charge in [-0.05, 0) is 280 Å². The lowest BCUT2D eigenvalue weighted by molar-refractivity contribution is 0.0340. The summed E-state index contributed by atoms with van der Waals surface area (Å²) in [5, 5.41) is 84.8. The van der Waals surface area contributed by atoms with E-state index >= 15 is 0 Å². The Morgan fingerprint density at radius 1 is 0.292 bits per heavy atom. The Hall–Kier alpha value is -3.58. The van der Waals surface area contributed by atoms with Crippen LogP contribution in [0.2, 0.25) is 0 Å². The van der Waals surface area contributed by atoms with Gasteiger partial charge in [-0.15, -0.1) is 0 Å². The van der Waals surface area contributed by atoms with E-state index in [9.17, 15) is 20.4 Å². The van der Waals surface area contributed by atoms with Crippen molar-refractivity contribution < 1.29 is 20.4 Å². The molecule has 0 spiro atoms. The molecule has 0 aromatic carbocycles. The molecule has 0 saturated carbocycles. The van der Waals surface area contributed by atoms with Crippen molar-refractivity contribution in [2.75, 3.05) is 70.3 Å². The van der Waals surface area contributed by atoms with E-state index in [-0.39, 0.29) is 128 Å². The zero-order valence-electron chi connectivity index (χ0n) is 64.7. The highest BCUT2D eigenvalue weighted by atomic mass is 16.3. The van der Waals surface area contributed by atoms with Gasteiger partial charge in [0.2, 0.25) is 35.7 Å². The molecule has 2 aromatic rings. The summed E-state index contributed by atoms with van der Waals surface area (Å²) in [4.78, 5) is 36.0. The molecule has 6 saturated heterocycles. The topological polar surface area (TPSA) is 285 Å². The molecule has 8 rings (SSSR count). The van der Waals surface area contributed by atoms with Gasteiger partial charge in [-0.2, -0.15) is 29.9 Å². The molecule has 0 bridgehead atoms. The second kappa shape index (κ2) is 29.0. The fourth-order valence-electron chi connectivity index (χ4n) is 20.2. The summed E-state index contributed by atoms with van der Waals surface area (Å²) in [5.74, 6) is 3.08. The minimum absolute atomic E-state index is 0.0733. The third-order valence-electron chi connectivity index (χ3n) is 21.5. The predicted octanol–water partition coefficient (Wildman–Crippen LogP) is 9.87. The van der Waals surface area contributed by atoms with E-state index in [1.54, 1.807) is 0 Å². The Bertz CT molecular complexity index is 2460. The lowest BCUT2D eigenvalue weighted by atomic mass is 9.73. The minimum atomic E-state index is -0.627. The SMILES string of the molecule is CC1(C)CC(C(O)CNc2nc(NCC(O)C3CC(C)(C)NC(C)(C)C3)nc(N(CCCCCCN(c3nc(NCC(O)C4CC(C)(C)NC(C)(C)C4)nc(NCC(O)C4CC(C)(C)NC(C)(C)C4)n3)C3CC(C)(C)NC(C)(C)C3)C3CC(C)(C)NC(C)(C)C3)n2)CC(C)(C)N1. The van der Waals surface area contributed by atoms with E-state index < -0.39 is 24.4 Å². The lowest BCUT2D eigenvalue weighted by Crippen LogP contribution is -2.62. The van der Waals surface area contributed by atoms with Gasteiger partial charge in [0.05, 0.1) is 24.4 Å². The van der Waals surface area contributed by atoms with Crippen molar-refractivity contribution in [1.82, 2.24) is 61.8 Å². The van der Waals surface area contributed by atoms with Gasteiger partial charge in [-0.3, -0.25) is 0 Å². The molecule has 6 aliphatic rings. The van der Waals surface area contributed by atoms with Crippen molar-refractivity contribution in [1.29, 1.82) is 0 Å². The molecule has 4 atom stereocenters. The standard InChI is InChI=1S/C74H140N18O4/c1-63(2)31-47(32-64(3,4)85-63)53(93)43-75-57-79-58(76-44-54(94)48-33-65(5,6)86-66(7,8)34-48)82-61(81-57)91(51-39-71(17,18)89-72(19,20)40-51)29-27-25-26-28-30-92(52-41-73(21,22)90-74(23,24)42-52)62-83-59(77-45-55(95)49-35-67(9,10)87-68(11,12)36-49)80-60(84-62)78-46-56(96)50-37-69(13,14)88-70(15,16)38-50/h47-56,85-90,93-96H,25-46H2,1-24H3,(H2,75,76,79,81,82)(H2,77,78,80,83,84). The van der Waals surface area contributed by atoms with Crippen LogP contribution in [0.3, 0.4) is 0 Å². The Balaban J connectivity index is 1.06. The van der Waals surface area contributed by atoms with Crippen LogP contribution in [0.15, 0.2) is 0 Å². The monoisotopic (exact) mass is 1350 g/mol. The third-order valence-corrected chi connectivity index (χ3v) is 21.5. The smallest absolute Gasteiger partial charge is 0.232 e. The molecule has 0 radical (unpaired) electrons. The summed E-state index contributed by atoms with van der Waals surface area (Å²) in [7, 11) is 0. The van der Waals surface area contributed by atoms with Crippen LogP contribution in [0.5, 0.6) is 0 Å². The fourth-order valence-corrected chi connectivity index (χ4v) is 20.2. The number of aliphatic hydroxyl groups excluding tert-OH is 4. The number of rotatable bonds is 27. The molecule has 550 valence electrons. The Labute approximate surface area is 581 Å². The van der Waals surface area contributed by atoms with Crippen LogP contribution >= 0.6 is 0 Å². The zero-order valence-corrected chi connectivity index (χ0v) is 64.7. The van der Waals surface area contributed by atoms with E-state index in [2.05, 4.69) is 229 Å². The molecule has 22 nitrogen and oxygen atoms in total. The minimum Gasteiger partial charge on any atom is -0.391 e. The van der Waals surface area contributed by atoms with Gasteiger partial charge in [0.25, 0.3) is 0 Å². The summed E-state index contributed by atoms with van der Waals surface area (Å²) in [5.41, 5.74) is -1.63. The largest absolute Gasteiger partial charge is 0.391 e. The van der Waals surface area contributed by atoms with Crippen LogP contribution in [0.25, 0.3) is 0 Å². The second-order valence-corrected chi connectivity index (χ2v) is 39.3. The number of piperidine rings is 6. The van der Waals surface area contributed by atoms with Crippen LogP contribution in [0.1, 0.15) is 269 Å². The molecular formula is C74H140N18O4. The summed E-state index contributed by atoms with van der Waals surface area (Å²) >= 11 is 0. The van der Waals surface area contributed by atoms with Crippen molar-refractivity contribution >= 4 is 35.7 Å². The van der Waals surface area contributed by atoms with Gasteiger partial charge in [-0.1, -0.05) is 12.8 Å². The maximum absolute atomic E-state index is 11.9. The molecule has 0 aliphatic carbocycles. The van der Waals surface area contributed by atoms with Gasteiger partial charge < -0.3 is 83.4 Å². The molecule has 2 aromatic heterocycles. The number of nitrogens with one attached hydrogen (secondary N) is 10. The summed E-state index contributed by atoms with van der Waals surface area (Å²) in [6.45, 7) is 56.5. The second-order valence-electron chi connectivity index (χ2n) is 39.3. The van der Waals surface area contributed by atoms with E-state index in [1.807, 2.05) is 0 Å². The highest BCUT2D eigenvalue weighted by Crippen LogP contribution is 2.41. The Morgan fingerprint density at radius 3 is 0.656 bits per heavy atom. The van der Waals surface area contributed by atoms with Crippen molar-refractivity contribution in [2.24, 2.45) is 23.7 Å². The Morgan fingerprint density at radius 2 is 0.469 bits per heavy atom. The van der Waals surface area contributed by atoms with Crippen LogP contribution in [-0.4, -0.2) is 193 Å². The summed E-state index contributed by atoms with van der Waals surface area (Å²) in [6.07, 6.45) is 11.5. The van der Waals surface area contributed by atoms with Crippen LogP contribution in [0, 0.1) is 23.7 Å². The van der Waals surface area contributed by atoms with E-state index in [1.165, 1.54) is 0 Å². The normalized spacial score (nSPS) is 26.6. The highest BCUT2D eigenvalue weighted by Gasteiger charge is 2.47. The first-order valence-corrected chi connectivity index (χ1v) is 37.3. The van der Waals surface area contributed by atoms with Crippen molar-refractivity contribution in [2.45, 2.75) is 372 Å². The molecule has 96 heavy (non-hydrogen) atoms. The molecule has 6 aliphatic heterocycles. The molecule has 22 heteroatoms. The van der Waals surface area contributed by atoms with Gasteiger partial charge in [0.1, 0.15) is 0 Å². The zero-order chi connectivity index (χ0) is 71.3. The highest BCUT2D eigenvalue weighted by molar-refractivity contribution is 5.47. The predicted molar refractivity (Wildman–Crippen MR) is 396 cm³/mol. The first-order chi connectivity index (χ1) is 43.8. The molecular weight excluding hydrogens is 1200 g/mol. The van der Waals surface area contributed by atoms with E-state index in [0.29, 0.717) is 35.7 Å². The molecule has 6 fully saturated rings.